The average molecular weight is 282 g/mol. The molecular weight excluding hydrogens is 270 g/mol. The summed E-state index contributed by atoms with van der Waals surface area (Å²) in [5.74, 6) is -0.121. The minimum absolute atomic E-state index is 0.121. The second-order valence-electron chi connectivity index (χ2n) is 3.17. The van der Waals surface area contributed by atoms with Crippen LogP contribution in [-0.2, 0) is 4.79 Å². The summed E-state index contributed by atoms with van der Waals surface area (Å²) in [6.45, 7) is 1.92. The number of hydrazine groups is 1. The third-order valence-corrected chi connectivity index (χ3v) is 2.63. The van der Waals surface area contributed by atoms with Crippen LogP contribution in [0.4, 0.5) is 5.69 Å². The minimum Gasteiger partial charge on any atom is -0.296 e. The molecule has 1 amide bonds. The summed E-state index contributed by atoms with van der Waals surface area (Å²) in [6.07, 6.45) is 1.21. The third-order valence-electron chi connectivity index (χ3n) is 1.81. The van der Waals surface area contributed by atoms with E-state index in [1.165, 1.54) is 0 Å². The Bertz CT molecular complexity index is 373. The Labute approximate surface area is 109 Å². The molecule has 88 valence electrons. The smallest absolute Gasteiger partial charge is 0.238 e. The van der Waals surface area contributed by atoms with Gasteiger partial charge in [-0.05, 0) is 18.6 Å². The largest absolute Gasteiger partial charge is 0.296 e. The molecule has 0 radical (unpaired) electrons. The van der Waals surface area contributed by atoms with E-state index in [2.05, 4.69) is 10.9 Å². The first kappa shape index (κ1) is 13.4. The fourth-order valence-corrected chi connectivity index (χ4v) is 1.99. The Balaban J connectivity index is 2.70. The molecular formula is C10H11Cl3N2O. The van der Waals surface area contributed by atoms with Crippen LogP contribution in [-0.4, -0.2) is 5.91 Å². The number of anilines is 1. The van der Waals surface area contributed by atoms with Crippen molar-refractivity contribution in [2.24, 2.45) is 0 Å². The maximum absolute atomic E-state index is 11.2. The van der Waals surface area contributed by atoms with Gasteiger partial charge in [-0.1, -0.05) is 41.7 Å². The van der Waals surface area contributed by atoms with Crippen molar-refractivity contribution in [3.63, 3.8) is 0 Å². The molecule has 6 heteroatoms. The lowest BCUT2D eigenvalue weighted by atomic mass is 10.3. The van der Waals surface area contributed by atoms with Gasteiger partial charge in [-0.15, -0.1) is 0 Å². The highest BCUT2D eigenvalue weighted by Crippen LogP contribution is 2.32. The first-order valence-corrected chi connectivity index (χ1v) is 5.87. The SMILES string of the molecule is CCCC(=O)NNc1c(Cl)cc(Cl)cc1Cl. The molecule has 0 saturated carbocycles. The van der Waals surface area contributed by atoms with E-state index in [0.29, 0.717) is 27.2 Å². The Morgan fingerprint density at radius 2 is 1.81 bits per heavy atom. The van der Waals surface area contributed by atoms with Gasteiger partial charge in [0.05, 0.1) is 15.7 Å². The minimum atomic E-state index is -0.121. The van der Waals surface area contributed by atoms with E-state index in [1.54, 1.807) is 12.1 Å². The van der Waals surface area contributed by atoms with E-state index in [1.807, 2.05) is 6.92 Å². The Hall–Kier alpha value is -0.640. The van der Waals surface area contributed by atoms with Crippen molar-refractivity contribution in [2.45, 2.75) is 19.8 Å². The molecule has 0 aliphatic heterocycles. The molecule has 1 aromatic rings. The monoisotopic (exact) mass is 280 g/mol. The van der Waals surface area contributed by atoms with Gasteiger partial charge < -0.3 is 0 Å². The lowest BCUT2D eigenvalue weighted by molar-refractivity contribution is -0.120. The molecule has 1 aromatic carbocycles. The quantitative estimate of drug-likeness (QED) is 0.822. The number of hydrogen-bond acceptors (Lipinski definition) is 2. The number of carbonyl (C=O) groups excluding carboxylic acids is 1. The number of amides is 1. The fraction of sp³-hybridized carbons (Fsp3) is 0.300. The molecule has 0 atom stereocenters. The molecule has 0 heterocycles. The number of halogens is 3. The van der Waals surface area contributed by atoms with Crippen LogP contribution in [0.3, 0.4) is 0 Å². The van der Waals surface area contributed by atoms with Crippen molar-refractivity contribution in [3.05, 3.63) is 27.2 Å². The summed E-state index contributed by atoms with van der Waals surface area (Å²) in [5, 5.41) is 1.16. The summed E-state index contributed by atoms with van der Waals surface area (Å²) < 4.78 is 0. The van der Waals surface area contributed by atoms with Crippen LogP contribution in [0.25, 0.3) is 0 Å². The summed E-state index contributed by atoms with van der Waals surface area (Å²) in [7, 11) is 0. The van der Waals surface area contributed by atoms with Crippen LogP contribution < -0.4 is 10.9 Å². The molecule has 0 aliphatic rings. The summed E-state index contributed by atoms with van der Waals surface area (Å²) >= 11 is 17.6. The summed E-state index contributed by atoms with van der Waals surface area (Å²) in [5.41, 5.74) is 5.61. The van der Waals surface area contributed by atoms with Gasteiger partial charge in [-0.3, -0.25) is 15.6 Å². The van der Waals surface area contributed by atoms with Gasteiger partial charge in [-0.2, -0.15) is 0 Å². The van der Waals surface area contributed by atoms with Gasteiger partial charge >= 0.3 is 0 Å². The van der Waals surface area contributed by atoms with Crippen LogP contribution in [0.1, 0.15) is 19.8 Å². The molecule has 16 heavy (non-hydrogen) atoms. The van der Waals surface area contributed by atoms with E-state index in [-0.39, 0.29) is 5.91 Å². The Morgan fingerprint density at radius 3 is 2.31 bits per heavy atom. The topological polar surface area (TPSA) is 41.1 Å². The second-order valence-corrected chi connectivity index (χ2v) is 4.42. The van der Waals surface area contributed by atoms with Crippen LogP contribution in [0.15, 0.2) is 12.1 Å². The van der Waals surface area contributed by atoms with Crippen molar-refractivity contribution >= 4 is 46.4 Å². The average Bonchev–Trinajstić information content (AvgIpc) is 2.16. The number of nitrogens with one attached hydrogen (secondary N) is 2. The predicted molar refractivity (Wildman–Crippen MR) is 68.1 cm³/mol. The van der Waals surface area contributed by atoms with Gasteiger partial charge in [0.15, 0.2) is 0 Å². The van der Waals surface area contributed by atoms with Gasteiger partial charge in [0.25, 0.3) is 0 Å². The molecule has 0 fully saturated rings. The van der Waals surface area contributed by atoms with Crippen LogP contribution in [0.5, 0.6) is 0 Å². The Morgan fingerprint density at radius 1 is 1.25 bits per heavy atom. The van der Waals surface area contributed by atoms with Gasteiger partial charge in [0, 0.05) is 11.4 Å². The molecule has 1 rings (SSSR count). The van der Waals surface area contributed by atoms with Crippen LogP contribution in [0.2, 0.25) is 15.1 Å². The van der Waals surface area contributed by atoms with E-state index in [0.717, 1.165) is 6.42 Å². The zero-order chi connectivity index (χ0) is 12.1. The number of benzene rings is 1. The van der Waals surface area contributed by atoms with Crippen molar-refractivity contribution < 1.29 is 4.79 Å². The fourth-order valence-electron chi connectivity index (χ4n) is 1.08. The van der Waals surface area contributed by atoms with Gasteiger partial charge in [0.2, 0.25) is 5.91 Å². The maximum atomic E-state index is 11.2. The molecule has 0 saturated heterocycles. The van der Waals surface area contributed by atoms with Crippen molar-refractivity contribution in [2.75, 3.05) is 5.43 Å². The van der Waals surface area contributed by atoms with Gasteiger partial charge in [-0.25, -0.2) is 0 Å². The van der Waals surface area contributed by atoms with Crippen molar-refractivity contribution in [3.8, 4) is 0 Å². The first-order valence-electron chi connectivity index (χ1n) is 4.74. The highest BCUT2D eigenvalue weighted by molar-refractivity contribution is 6.41. The molecule has 0 unspecified atom stereocenters. The molecule has 0 spiro atoms. The van der Waals surface area contributed by atoms with Crippen molar-refractivity contribution in [1.29, 1.82) is 0 Å². The summed E-state index contributed by atoms with van der Waals surface area (Å²) in [4.78, 5) is 11.2. The molecule has 0 aliphatic carbocycles. The normalized spacial score (nSPS) is 10.0. The first-order chi connectivity index (χ1) is 7.54. The van der Waals surface area contributed by atoms with E-state index < -0.39 is 0 Å². The highest BCUT2D eigenvalue weighted by atomic mass is 35.5. The van der Waals surface area contributed by atoms with Gasteiger partial charge in [0.1, 0.15) is 0 Å². The van der Waals surface area contributed by atoms with Crippen molar-refractivity contribution in [1.82, 2.24) is 5.43 Å². The predicted octanol–water partition coefficient (Wildman–Crippen LogP) is 3.89. The van der Waals surface area contributed by atoms with E-state index in [9.17, 15) is 4.79 Å². The standard InChI is InChI=1S/C10H11Cl3N2O/c1-2-3-9(16)14-15-10-7(12)4-6(11)5-8(10)13/h4-5,15H,2-3H2,1H3,(H,14,16). The molecule has 2 N–H and O–H groups in total. The number of rotatable bonds is 4. The number of hydrogen-bond donors (Lipinski definition) is 2. The summed E-state index contributed by atoms with van der Waals surface area (Å²) in [6, 6.07) is 3.09. The zero-order valence-electron chi connectivity index (χ0n) is 8.61. The zero-order valence-corrected chi connectivity index (χ0v) is 10.9. The van der Waals surface area contributed by atoms with E-state index >= 15 is 0 Å². The molecule has 0 bridgehead atoms. The number of carbonyl (C=O) groups is 1. The lowest BCUT2D eigenvalue weighted by Gasteiger charge is -2.11. The van der Waals surface area contributed by atoms with E-state index in [4.69, 9.17) is 34.8 Å². The molecule has 0 aromatic heterocycles. The Kier molecular flexibility index (Phi) is 5.19. The molecule has 3 nitrogen and oxygen atoms in total. The maximum Gasteiger partial charge on any atom is 0.238 e. The third kappa shape index (κ3) is 3.74. The highest BCUT2D eigenvalue weighted by Gasteiger charge is 2.08. The van der Waals surface area contributed by atoms with Crippen LogP contribution >= 0.6 is 34.8 Å². The second kappa shape index (κ2) is 6.18. The lowest BCUT2D eigenvalue weighted by Crippen LogP contribution is -2.29. The van der Waals surface area contributed by atoms with Crippen LogP contribution in [0, 0.1) is 0 Å².